The third kappa shape index (κ3) is 4.42. The number of ether oxygens (including phenoxy) is 2. The van der Waals surface area contributed by atoms with Crippen molar-refractivity contribution in [1.29, 1.82) is 0 Å². The molecule has 2 aliphatic rings. The molecule has 10 heteroatoms. The molecule has 198 valence electrons. The predicted molar refractivity (Wildman–Crippen MR) is 147 cm³/mol. The first-order valence-corrected chi connectivity index (χ1v) is 12.8. The first kappa shape index (κ1) is 24.7. The second-order valence-electron chi connectivity index (χ2n) is 9.66. The van der Waals surface area contributed by atoms with E-state index in [4.69, 9.17) is 19.4 Å². The molecule has 0 aliphatic carbocycles. The first-order chi connectivity index (χ1) is 18.9. The zero-order valence-corrected chi connectivity index (χ0v) is 21.7. The summed E-state index contributed by atoms with van der Waals surface area (Å²) in [6.45, 7) is 3.53. The van der Waals surface area contributed by atoms with Gasteiger partial charge in [-0.3, -0.25) is 24.2 Å². The Labute approximate surface area is 224 Å². The highest BCUT2D eigenvalue weighted by atomic mass is 16.5. The van der Waals surface area contributed by atoms with Gasteiger partial charge in [-0.1, -0.05) is 54.6 Å². The van der Waals surface area contributed by atoms with Gasteiger partial charge in [0.15, 0.2) is 18.2 Å². The molecular formula is C29H27N5O5. The molecule has 0 N–H and O–H groups in total. The molecule has 0 bridgehead atoms. The lowest BCUT2D eigenvalue weighted by Gasteiger charge is -2.36. The molecule has 1 amide bonds. The number of amides is 1. The summed E-state index contributed by atoms with van der Waals surface area (Å²) in [5.41, 5.74) is 3.71. The van der Waals surface area contributed by atoms with Crippen LogP contribution in [0.1, 0.15) is 5.56 Å². The maximum absolute atomic E-state index is 12.2. The van der Waals surface area contributed by atoms with Crippen LogP contribution in [0.25, 0.3) is 22.5 Å². The lowest BCUT2D eigenvalue weighted by atomic mass is 10.0. The van der Waals surface area contributed by atoms with Gasteiger partial charge < -0.3 is 14.4 Å². The first-order valence-electron chi connectivity index (χ1n) is 12.8. The molecular weight excluding hydrogens is 498 g/mol. The van der Waals surface area contributed by atoms with Gasteiger partial charge in [-0.15, -0.1) is 0 Å². The van der Waals surface area contributed by atoms with E-state index in [0.29, 0.717) is 41.9 Å². The lowest BCUT2D eigenvalue weighted by Crippen LogP contribution is -2.50. The van der Waals surface area contributed by atoms with Crippen LogP contribution in [0.2, 0.25) is 0 Å². The molecule has 0 atom stereocenters. The quantitative estimate of drug-likeness (QED) is 0.350. The van der Waals surface area contributed by atoms with Crippen LogP contribution in [0, 0.1) is 0 Å². The Hall–Kier alpha value is -4.57. The fraction of sp³-hybridized carbons (Fsp3) is 0.276. The molecule has 0 spiro atoms. The Kier molecular flexibility index (Phi) is 6.32. The SMILES string of the molecule is COc1c(N2CCN(Cc3ccc(-c4nc5c(nc4-c4ccccc4)N(C)C(=O)CO5)cc3)CC2)c(=O)c1=O. The number of rotatable bonds is 6. The minimum absolute atomic E-state index is 0.0664. The summed E-state index contributed by atoms with van der Waals surface area (Å²) >= 11 is 0. The number of carbonyl (C=O) groups excluding carboxylic acids is 1. The maximum atomic E-state index is 12.2. The molecule has 1 aromatic heterocycles. The summed E-state index contributed by atoms with van der Waals surface area (Å²) in [5.74, 6) is 0.753. The van der Waals surface area contributed by atoms with Crippen molar-refractivity contribution in [2.75, 3.05) is 56.7 Å². The van der Waals surface area contributed by atoms with Gasteiger partial charge in [0.1, 0.15) is 11.4 Å². The van der Waals surface area contributed by atoms with Crippen LogP contribution >= 0.6 is 0 Å². The van der Waals surface area contributed by atoms with Crippen molar-refractivity contribution in [1.82, 2.24) is 14.9 Å². The van der Waals surface area contributed by atoms with Gasteiger partial charge in [-0.25, -0.2) is 9.97 Å². The van der Waals surface area contributed by atoms with Crippen molar-refractivity contribution in [2.24, 2.45) is 0 Å². The Bertz CT molecular complexity index is 1600. The van der Waals surface area contributed by atoms with Crippen LogP contribution in [0.5, 0.6) is 11.6 Å². The zero-order chi connectivity index (χ0) is 27.1. The summed E-state index contributed by atoms with van der Waals surface area (Å²) in [6.07, 6.45) is 0. The zero-order valence-electron chi connectivity index (χ0n) is 21.7. The highest BCUT2D eigenvalue weighted by Gasteiger charge is 2.30. The van der Waals surface area contributed by atoms with Gasteiger partial charge in [-0.05, 0) is 5.56 Å². The molecule has 1 fully saturated rings. The van der Waals surface area contributed by atoms with E-state index < -0.39 is 10.9 Å². The normalized spacial score (nSPS) is 15.8. The van der Waals surface area contributed by atoms with Crippen LogP contribution in [-0.4, -0.2) is 67.7 Å². The number of likely N-dealkylation sites (N-methyl/N-ethyl adjacent to an activating group) is 1. The number of carbonyl (C=O) groups is 1. The summed E-state index contributed by atoms with van der Waals surface area (Å²) in [5, 5.41) is 0. The van der Waals surface area contributed by atoms with Crippen molar-refractivity contribution in [3.8, 4) is 34.1 Å². The molecule has 0 saturated carbocycles. The second-order valence-corrected chi connectivity index (χ2v) is 9.66. The maximum Gasteiger partial charge on any atom is 0.272 e. The summed E-state index contributed by atoms with van der Waals surface area (Å²) < 4.78 is 10.7. The van der Waals surface area contributed by atoms with E-state index in [1.165, 1.54) is 12.0 Å². The standard InChI is InChI=1S/C29H27N5O5/c1-32-21(35)17-39-29-28(32)30-22(19-6-4-3-5-7-19)23(31-29)20-10-8-18(9-11-20)16-33-12-14-34(15-13-33)24-25(36)26(37)27(24)38-2/h3-11H,12-17H2,1-2H3. The molecule has 1 saturated heterocycles. The van der Waals surface area contributed by atoms with Gasteiger partial charge in [-0.2, -0.15) is 0 Å². The number of methoxy groups -OCH3 is 1. The third-order valence-corrected chi connectivity index (χ3v) is 7.29. The van der Waals surface area contributed by atoms with E-state index in [0.717, 1.165) is 36.3 Å². The van der Waals surface area contributed by atoms with Gasteiger partial charge in [0.05, 0.1) is 12.8 Å². The summed E-state index contributed by atoms with van der Waals surface area (Å²) in [7, 11) is 3.10. The smallest absolute Gasteiger partial charge is 0.272 e. The van der Waals surface area contributed by atoms with Crippen LogP contribution in [0.4, 0.5) is 11.5 Å². The number of anilines is 2. The number of hydrogen-bond acceptors (Lipinski definition) is 9. The van der Waals surface area contributed by atoms with E-state index in [-0.39, 0.29) is 18.3 Å². The number of nitrogens with zero attached hydrogens (tertiary/aromatic N) is 5. The minimum atomic E-state index is -0.541. The minimum Gasteiger partial charge on any atom is -0.491 e. The third-order valence-electron chi connectivity index (χ3n) is 7.29. The van der Waals surface area contributed by atoms with Crippen molar-refractivity contribution in [3.63, 3.8) is 0 Å². The van der Waals surface area contributed by atoms with E-state index in [2.05, 4.69) is 17.0 Å². The van der Waals surface area contributed by atoms with E-state index in [9.17, 15) is 14.4 Å². The Morgan fingerprint density at radius 3 is 2.21 bits per heavy atom. The topological polar surface area (TPSA) is 105 Å². The molecule has 6 rings (SSSR count). The largest absolute Gasteiger partial charge is 0.491 e. The number of hydrogen-bond donors (Lipinski definition) is 0. The number of piperazine rings is 1. The fourth-order valence-electron chi connectivity index (χ4n) is 5.06. The average Bonchev–Trinajstić information content (AvgIpc) is 2.98. The van der Waals surface area contributed by atoms with Crippen molar-refractivity contribution >= 4 is 17.4 Å². The van der Waals surface area contributed by atoms with E-state index >= 15 is 0 Å². The highest BCUT2D eigenvalue weighted by Crippen LogP contribution is 2.37. The molecule has 39 heavy (non-hydrogen) atoms. The van der Waals surface area contributed by atoms with Gasteiger partial charge >= 0.3 is 0 Å². The predicted octanol–water partition coefficient (Wildman–Crippen LogP) is 2.09. The van der Waals surface area contributed by atoms with Crippen LogP contribution in [-0.2, 0) is 11.3 Å². The molecule has 2 aliphatic heterocycles. The molecule has 10 nitrogen and oxygen atoms in total. The van der Waals surface area contributed by atoms with E-state index in [1.807, 2.05) is 47.4 Å². The fourth-order valence-corrected chi connectivity index (χ4v) is 5.06. The van der Waals surface area contributed by atoms with Crippen molar-refractivity contribution in [2.45, 2.75) is 6.54 Å². The van der Waals surface area contributed by atoms with E-state index in [1.54, 1.807) is 7.05 Å². The van der Waals surface area contributed by atoms with Gasteiger partial charge in [0, 0.05) is 50.9 Å². The summed E-state index contributed by atoms with van der Waals surface area (Å²) in [4.78, 5) is 51.2. The van der Waals surface area contributed by atoms with Crippen molar-refractivity contribution < 1.29 is 14.3 Å². The molecule has 0 unspecified atom stereocenters. The van der Waals surface area contributed by atoms with Crippen LogP contribution < -0.4 is 30.1 Å². The molecule has 0 radical (unpaired) electrons. The molecule has 4 aromatic rings. The number of fused-ring (bicyclic) bond motifs is 1. The van der Waals surface area contributed by atoms with Crippen LogP contribution in [0.3, 0.4) is 0 Å². The highest BCUT2D eigenvalue weighted by molar-refractivity contribution is 5.96. The Balaban J connectivity index is 1.21. The lowest BCUT2D eigenvalue weighted by molar-refractivity contribution is -0.121. The molecule has 3 aromatic carbocycles. The van der Waals surface area contributed by atoms with Gasteiger partial charge in [0.25, 0.3) is 22.6 Å². The Morgan fingerprint density at radius 1 is 0.846 bits per heavy atom. The van der Waals surface area contributed by atoms with Gasteiger partial charge in [0.2, 0.25) is 0 Å². The number of benzene rings is 2. The average molecular weight is 526 g/mol. The summed E-state index contributed by atoms with van der Waals surface area (Å²) in [6, 6.07) is 18.0. The van der Waals surface area contributed by atoms with Crippen LogP contribution in [0.15, 0.2) is 64.2 Å². The molecule has 3 heterocycles. The Morgan fingerprint density at radius 2 is 1.51 bits per heavy atom. The monoisotopic (exact) mass is 525 g/mol. The van der Waals surface area contributed by atoms with Crippen molar-refractivity contribution in [3.05, 3.63) is 80.6 Å². The second kappa shape index (κ2) is 9.95. The number of aromatic nitrogens is 2.